The van der Waals surface area contributed by atoms with Crippen LogP contribution in [0.2, 0.25) is 0 Å². The molecule has 2 rings (SSSR count). The summed E-state index contributed by atoms with van der Waals surface area (Å²) in [4.78, 5) is 17.3. The Balaban J connectivity index is 2.18. The van der Waals surface area contributed by atoms with Gasteiger partial charge in [-0.2, -0.15) is 0 Å². The lowest BCUT2D eigenvalue weighted by Crippen LogP contribution is -2.40. The molecule has 1 saturated heterocycles. The highest BCUT2D eigenvalue weighted by molar-refractivity contribution is 5.95. The minimum absolute atomic E-state index is 0.0608. The van der Waals surface area contributed by atoms with Crippen molar-refractivity contribution in [3.63, 3.8) is 0 Å². The van der Waals surface area contributed by atoms with E-state index in [0.29, 0.717) is 25.9 Å². The van der Waals surface area contributed by atoms with E-state index in [9.17, 15) is 14.3 Å². The standard InChI is InChI=1S/C11H15FN4O2/c12-9-8(1-4-14-10(9)15-13)11(18)16-5-2-7(17)3-6-16/h1,4,7,17H,2-3,5-6,13H2,(H,14,15). The lowest BCUT2D eigenvalue weighted by molar-refractivity contribution is 0.0542. The second-order valence-electron chi connectivity index (χ2n) is 4.19. The number of halogens is 1. The van der Waals surface area contributed by atoms with Crippen molar-refractivity contribution in [3.8, 4) is 0 Å². The lowest BCUT2D eigenvalue weighted by Gasteiger charge is -2.29. The molecule has 1 aliphatic heterocycles. The van der Waals surface area contributed by atoms with E-state index in [1.165, 1.54) is 17.2 Å². The minimum Gasteiger partial charge on any atom is -0.393 e. The van der Waals surface area contributed by atoms with Gasteiger partial charge in [0.2, 0.25) is 0 Å². The van der Waals surface area contributed by atoms with E-state index in [0.717, 1.165) is 0 Å². The zero-order valence-corrected chi connectivity index (χ0v) is 9.77. The van der Waals surface area contributed by atoms with Gasteiger partial charge in [0.25, 0.3) is 5.91 Å². The summed E-state index contributed by atoms with van der Waals surface area (Å²) in [5.74, 6) is 3.79. The van der Waals surface area contributed by atoms with Crippen molar-refractivity contribution >= 4 is 11.7 Å². The summed E-state index contributed by atoms with van der Waals surface area (Å²) in [6.07, 6.45) is 1.98. The molecule has 0 aromatic carbocycles. The number of carbonyl (C=O) groups is 1. The van der Waals surface area contributed by atoms with E-state index in [1.54, 1.807) is 0 Å². The van der Waals surface area contributed by atoms with Gasteiger partial charge in [-0.3, -0.25) is 4.79 Å². The van der Waals surface area contributed by atoms with Crippen molar-refractivity contribution < 1.29 is 14.3 Å². The van der Waals surface area contributed by atoms with Crippen molar-refractivity contribution in [1.82, 2.24) is 9.88 Å². The van der Waals surface area contributed by atoms with Gasteiger partial charge in [-0.1, -0.05) is 0 Å². The molecule has 1 aliphatic rings. The topological polar surface area (TPSA) is 91.5 Å². The van der Waals surface area contributed by atoms with Crippen LogP contribution in [-0.4, -0.2) is 40.1 Å². The number of piperidine rings is 1. The van der Waals surface area contributed by atoms with Gasteiger partial charge >= 0.3 is 0 Å². The number of aromatic nitrogens is 1. The van der Waals surface area contributed by atoms with Crippen LogP contribution in [-0.2, 0) is 0 Å². The number of rotatable bonds is 2. The highest BCUT2D eigenvalue weighted by Gasteiger charge is 2.25. The maximum absolute atomic E-state index is 13.9. The molecule has 1 amide bonds. The molecule has 2 heterocycles. The van der Waals surface area contributed by atoms with Crippen molar-refractivity contribution in [2.24, 2.45) is 5.84 Å². The zero-order valence-electron chi connectivity index (χ0n) is 9.77. The molecule has 0 bridgehead atoms. The Labute approximate surface area is 104 Å². The molecule has 0 unspecified atom stereocenters. The van der Waals surface area contributed by atoms with E-state index in [2.05, 4.69) is 10.4 Å². The van der Waals surface area contributed by atoms with Crippen molar-refractivity contribution in [2.45, 2.75) is 18.9 Å². The van der Waals surface area contributed by atoms with Crippen LogP contribution in [0.25, 0.3) is 0 Å². The number of aliphatic hydroxyl groups is 1. The fourth-order valence-electron chi connectivity index (χ4n) is 1.95. The summed E-state index contributed by atoms with van der Waals surface area (Å²) in [7, 11) is 0. The molecule has 98 valence electrons. The van der Waals surface area contributed by atoms with Crippen LogP contribution in [0.15, 0.2) is 12.3 Å². The van der Waals surface area contributed by atoms with Crippen LogP contribution >= 0.6 is 0 Å². The van der Waals surface area contributed by atoms with Gasteiger partial charge in [-0.05, 0) is 18.9 Å². The molecular weight excluding hydrogens is 239 g/mol. The van der Waals surface area contributed by atoms with E-state index in [4.69, 9.17) is 5.84 Å². The second-order valence-corrected chi connectivity index (χ2v) is 4.19. The smallest absolute Gasteiger partial charge is 0.257 e. The number of nitrogens with zero attached hydrogens (tertiary/aromatic N) is 2. The summed E-state index contributed by atoms with van der Waals surface area (Å²) < 4.78 is 13.9. The summed E-state index contributed by atoms with van der Waals surface area (Å²) in [6, 6.07) is 1.32. The first-order valence-corrected chi connectivity index (χ1v) is 5.72. The molecule has 4 N–H and O–H groups in total. The molecule has 0 spiro atoms. The summed E-state index contributed by atoms with van der Waals surface area (Å²) in [5, 5.41) is 9.37. The summed E-state index contributed by atoms with van der Waals surface area (Å²) >= 11 is 0. The number of pyridine rings is 1. The van der Waals surface area contributed by atoms with Crippen molar-refractivity contribution in [3.05, 3.63) is 23.6 Å². The number of hydrogen-bond acceptors (Lipinski definition) is 5. The summed E-state index contributed by atoms with van der Waals surface area (Å²) in [6.45, 7) is 0.848. The lowest BCUT2D eigenvalue weighted by atomic mass is 10.1. The van der Waals surface area contributed by atoms with E-state index < -0.39 is 11.7 Å². The third kappa shape index (κ3) is 2.41. The Bertz CT molecular complexity index is 447. The Kier molecular flexibility index (Phi) is 3.73. The molecule has 0 aliphatic carbocycles. The average Bonchev–Trinajstić information content (AvgIpc) is 2.39. The number of anilines is 1. The molecule has 0 atom stereocenters. The van der Waals surface area contributed by atoms with Crippen LogP contribution < -0.4 is 11.3 Å². The highest BCUT2D eigenvalue weighted by atomic mass is 19.1. The molecule has 1 aromatic heterocycles. The average molecular weight is 254 g/mol. The van der Waals surface area contributed by atoms with Crippen LogP contribution in [0.3, 0.4) is 0 Å². The molecule has 1 fully saturated rings. The fourth-order valence-corrected chi connectivity index (χ4v) is 1.95. The number of likely N-dealkylation sites (tertiary alicyclic amines) is 1. The van der Waals surface area contributed by atoms with Gasteiger partial charge < -0.3 is 15.4 Å². The molecular formula is C11H15FN4O2. The van der Waals surface area contributed by atoms with Gasteiger partial charge in [0.1, 0.15) is 0 Å². The van der Waals surface area contributed by atoms with Gasteiger partial charge in [0, 0.05) is 19.3 Å². The summed E-state index contributed by atoms with van der Waals surface area (Å²) in [5.41, 5.74) is 2.04. The molecule has 6 nitrogen and oxygen atoms in total. The monoisotopic (exact) mass is 254 g/mol. The Morgan fingerprint density at radius 1 is 1.56 bits per heavy atom. The van der Waals surface area contributed by atoms with Gasteiger partial charge in [0.05, 0.1) is 11.7 Å². The van der Waals surface area contributed by atoms with E-state index >= 15 is 0 Å². The van der Waals surface area contributed by atoms with Crippen molar-refractivity contribution in [1.29, 1.82) is 0 Å². The quantitative estimate of drug-likeness (QED) is 0.514. The molecule has 0 radical (unpaired) electrons. The van der Waals surface area contributed by atoms with E-state index in [-0.39, 0.29) is 17.5 Å². The fraction of sp³-hybridized carbons (Fsp3) is 0.455. The second kappa shape index (κ2) is 5.28. The predicted octanol–water partition coefficient (Wildman–Crippen LogP) is 0.103. The highest BCUT2D eigenvalue weighted by Crippen LogP contribution is 2.18. The largest absolute Gasteiger partial charge is 0.393 e. The van der Waals surface area contributed by atoms with Crippen LogP contribution in [0.5, 0.6) is 0 Å². The first-order valence-electron chi connectivity index (χ1n) is 5.72. The Morgan fingerprint density at radius 2 is 2.22 bits per heavy atom. The van der Waals surface area contributed by atoms with Crippen molar-refractivity contribution in [2.75, 3.05) is 18.5 Å². The molecule has 0 saturated carbocycles. The van der Waals surface area contributed by atoms with E-state index in [1.807, 2.05) is 0 Å². The maximum atomic E-state index is 13.9. The molecule has 18 heavy (non-hydrogen) atoms. The van der Waals surface area contributed by atoms with Crippen LogP contribution in [0.4, 0.5) is 10.2 Å². The number of aliphatic hydroxyl groups excluding tert-OH is 1. The first kappa shape index (κ1) is 12.7. The zero-order chi connectivity index (χ0) is 13.1. The molecule has 7 heteroatoms. The van der Waals surface area contributed by atoms with Gasteiger partial charge in [0.15, 0.2) is 11.6 Å². The predicted molar refractivity (Wildman–Crippen MR) is 63.1 cm³/mol. The normalized spacial score (nSPS) is 16.7. The first-order chi connectivity index (χ1) is 8.63. The number of carbonyl (C=O) groups excluding carboxylic acids is 1. The third-order valence-electron chi connectivity index (χ3n) is 3.01. The maximum Gasteiger partial charge on any atom is 0.257 e. The Morgan fingerprint density at radius 3 is 2.83 bits per heavy atom. The van der Waals surface area contributed by atoms with Crippen LogP contribution in [0.1, 0.15) is 23.2 Å². The number of nitrogen functional groups attached to an aromatic ring is 1. The Hall–Kier alpha value is -1.73. The number of hydrazine groups is 1. The number of nitrogens with two attached hydrogens (primary N) is 1. The van der Waals surface area contributed by atoms with Gasteiger partial charge in [-0.15, -0.1) is 0 Å². The SMILES string of the molecule is NNc1nccc(C(=O)N2CCC(O)CC2)c1F. The number of nitrogens with one attached hydrogen (secondary N) is 1. The number of hydrogen-bond donors (Lipinski definition) is 3. The number of amides is 1. The van der Waals surface area contributed by atoms with Crippen LogP contribution in [0, 0.1) is 5.82 Å². The third-order valence-corrected chi connectivity index (χ3v) is 3.01. The minimum atomic E-state index is -0.754. The molecule has 1 aromatic rings. The van der Waals surface area contributed by atoms with Gasteiger partial charge in [-0.25, -0.2) is 15.2 Å².